The third kappa shape index (κ3) is 3.33. The molecule has 0 radical (unpaired) electrons. The molecule has 0 bridgehead atoms. The molecule has 0 aromatic heterocycles. The Morgan fingerprint density at radius 3 is 2.42 bits per heavy atom. The predicted molar refractivity (Wildman–Crippen MR) is 72.8 cm³/mol. The van der Waals surface area contributed by atoms with E-state index in [9.17, 15) is 13.2 Å². The van der Waals surface area contributed by atoms with Gasteiger partial charge in [-0.15, -0.1) is 0 Å². The standard InChI is InChI=1S/C13H19NO4S/c1-9(2)8-14(4)19(17,18)12-7-5-6-11(10(12)3)13(15)16/h5-7,9H,8H2,1-4H3,(H,15,16). The number of hydrogen-bond acceptors (Lipinski definition) is 3. The van der Waals surface area contributed by atoms with E-state index < -0.39 is 16.0 Å². The van der Waals surface area contributed by atoms with Gasteiger partial charge in [0.2, 0.25) is 10.0 Å². The highest BCUT2D eigenvalue weighted by Gasteiger charge is 2.25. The highest BCUT2D eigenvalue weighted by atomic mass is 32.2. The molecule has 0 saturated heterocycles. The Labute approximate surface area is 113 Å². The molecule has 1 aromatic rings. The molecule has 0 heterocycles. The Morgan fingerprint density at radius 1 is 1.37 bits per heavy atom. The summed E-state index contributed by atoms with van der Waals surface area (Å²) in [6, 6.07) is 4.29. The monoisotopic (exact) mass is 285 g/mol. The molecule has 0 amide bonds. The van der Waals surface area contributed by atoms with Gasteiger partial charge < -0.3 is 5.11 Å². The number of carboxylic acid groups (broad SMARTS) is 1. The molecule has 0 aliphatic carbocycles. The molecule has 0 saturated carbocycles. The van der Waals surface area contributed by atoms with Gasteiger partial charge in [-0.25, -0.2) is 17.5 Å². The number of carbonyl (C=O) groups is 1. The maximum Gasteiger partial charge on any atom is 0.335 e. The topological polar surface area (TPSA) is 74.7 Å². The molecule has 1 aromatic carbocycles. The molecule has 0 aliphatic rings. The number of carboxylic acids is 1. The summed E-state index contributed by atoms with van der Waals surface area (Å²) in [4.78, 5) is 11.1. The van der Waals surface area contributed by atoms with Gasteiger partial charge in [-0.1, -0.05) is 19.9 Å². The first-order chi connectivity index (χ1) is 8.67. The van der Waals surface area contributed by atoms with Gasteiger partial charge in [0, 0.05) is 13.6 Å². The van der Waals surface area contributed by atoms with E-state index in [1.54, 1.807) is 0 Å². The van der Waals surface area contributed by atoms with Gasteiger partial charge in [0.25, 0.3) is 0 Å². The van der Waals surface area contributed by atoms with Gasteiger partial charge >= 0.3 is 5.97 Å². The van der Waals surface area contributed by atoms with Crippen LogP contribution in [0.15, 0.2) is 23.1 Å². The van der Waals surface area contributed by atoms with Crippen LogP contribution in [0.2, 0.25) is 0 Å². The van der Waals surface area contributed by atoms with Crippen LogP contribution >= 0.6 is 0 Å². The SMILES string of the molecule is Cc1c(C(=O)O)cccc1S(=O)(=O)N(C)CC(C)C. The Hall–Kier alpha value is -1.40. The first-order valence-electron chi connectivity index (χ1n) is 5.97. The number of sulfonamides is 1. The zero-order chi connectivity index (χ0) is 14.8. The van der Waals surface area contributed by atoms with E-state index in [0.717, 1.165) is 0 Å². The third-order valence-corrected chi connectivity index (χ3v) is 4.79. The minimum absolute atomic E-state index is 0.0130. The average molecular weight is 285 g/mol. The quantitative estimate of drug-likeness (QED) is 0.897. The lowest BCUT2D eigenvalue weighted by Gasteiger charge is -2.20. The molecule has 0 spiro atoms. The molecule has 5 nitrogen and oxygen atoms in total. The number of nitrogens with zero attached hydrogens (tertiary/aromatic N) is 1. The van der Waals surface area contributed by atoms with E-state index in [4.69, 9.17) is 5.11 Å². The zero-order valence-corrected chi connectivity index (χ0v) is 12.4. The molecule has 19 heavy (non-hydrogen) atoms. The lowest BCUT2D eigenvalue weighted by Crippen LogP contribution is -2.31. The van der Waals surface area contributed by atoms with E-state index in [0.29, 0.717) is 6.54 Å². The van der Waals surface area contributed by atoms with Crippen LogP contribution in [0.5, 0.6) is 0 Å². The minimum Gasteiger partial charge on any atom is -0.478 e. The Kier molecular flexibility index (Phi) is 4.70. The van der Waals surface area contributed by atoms with Crippen molar-refractivity contribution in [2.24, 2.45) is 5.92 Å². The number of rotatable bonds is 5. The molecule has 0 fully saturated rings. The second-order valence-corrected chi connectivity index (χ2v) is 6.93. The minimum atomic E-state index is -3.65. The summed E-state index contributed by atoms with van der Waals surface area (Å²) in [6.45, 7) is 5.75. The van der Waals surface area contributed by atoms with Crippen LogP contribution in [0.4, 0.5) is 0 Å². The number of hydrogen-bond donors (Lipinski definition) is 1. The first kappa shape index (κ1) is 15.7. The largest absolute Gasteiger partial charge is 0.478 e. The fraction of sp³-hybridized carbons (Fsp3) is 0.462. The maximum atomic E-state index is 12.4. The van der Waals surface area contributed by atoms with Gasteiger partial charge in [-0.05, 0) is 30.5 Å². The van der Waals surface area contributed by atoms with Crippen LogP contribution in [0.25, 0.3) is 0 Å². The maximum absolute atomic E-state index is 12.4. The lowest BCUT2D eigenvalue weighted by atomic mass is 10.1. The van der Waals surface area contributed by atoms with E-state index in [1.807, 2.05) is 13.8 Å². The van der Waals surface area contributed by atoms with Crippen LogP contribution < -0.4 is 0 Å². The summed E-state index contributed by atoms with van der Waals surface area (Å²) < 4.78 is 26.0. The van der Waals surface area contributed by atoms with Crippen molar-refractivity contribution in [1.29, 1.82) is 0 Å². The molecule has 1 rings (SSSR count). The van der Waals surface area contributed by atoms with Gasteiger partial charge in [-0.3, -0.25) is 0 Å². The van der Waals surface area contributed by atoms with E-state index in [1.165, 1.54) is 36.5 Å². The summed E-state index contributed by atoms with van der Waals surface area (Å²) in [5, 5.41) is 9.03. The van der Waals surface area contributed by atoms with Crippen LogP contribution in [0, 0.1) is 12.8 Å². The molecule has 1 N–H and O–H groups in total. The summed E-state index contributed by atoms with van der Waals surface area (Å²) >= 11 is 0. The summed E-state index contributed by atoms with van der Waals surface area (Å²) in [5.41, 5.74) is 0.282. The van der Waals surface area contributed by atoms with Crippen molar-refractivity contribution < 1.29 is 18.3 Å². The Morgan fingerprint density at radius 2 is 1.95 bits per heavy atom. The van der Waals surface area contributed by atoms with Crippen LogP contribution in [-0.4, -0.2) is 37.4 Å². The summed E-state index contributed by atoms with van der Waals surface area (Å²) in [5.74, 6) is -0.927. The van der Waals surface area contributed by atoms with Gasteiger partial charge in [0.15, 0.2) is 0 Å². The highest BCUT2D eigenvalue weighted by molar-refractivity contribution is 7.89. The van der Waals surface area contributed by atoms with Gasteiger partial charge in [0.1, 0.15) is 0 Å². The van der Waals surface area contributed by atoms with Crippen molar-refractivity contribution in [2.45, 2.75) is 25.7 Å². The number of aromatic carboxylic acids is 1. The van der Waals surface area contributed by atoms with Crippen LogP contribution in [0.1, 0.15) is 29.8 Å². The molecule has 106 valence electrons. The zero-order valence-electron chi connectivity index (χ0n) is 11.5. The summed E-state index contributed by atoms with van der Waals surface area (Å²) in [7, 11) is -2.15. The fourth-order valence-corrected chi connectivity index (χ4v) is 3.48. The van der Waals surface area contributed by atoms with Crippen LogP contribution in [0.3, 0.4) is 0 Å². The van der Waals surface area contributed by atoms with Crippen molar-refractivity contribution in [3.05, 3.63) is 29.3 Å². The third-order valence-electron chi connectivity index (χ3n) is 2.82. The molecule has 0 atom stereocenters. The summed E-state index contributed by atoms with van der Waals surface area (Å²) in [6.07, 6.45) is 0. The smallest absolute Gasteiger partial charge is 0.335 e. The van der Waals surface area contributed by atoms with Crippen molar-refractivity contribution in [2.75, 3.05) is 13.6 Å². The van der Waals surface area contributed by atoms with Crippen molar-refractivity contribution in [1.82, 2.24) is 4.31 Å². The first-order valence-corrected chi connectivity index (χ1v) is 7.41. The Bertz CT molecular complexity index is 578. The second-order valence-electron chi connectivity index (χ2n) is 4.91. The second kappa shape index (κ2) is 5.71. The molecule has 0 aliphatic heterocycles. The normalized spacial score (nSPS) is 12.1. The van der Waals surface area contributed by atoms with E-state index in [-0.39, 0.29) is 21.9 Å². The van der Waals surface area contributed by atoms with Gasteiger partial charge in [0.05, 0.1) is 10.5 Å². The van der Waals surface area contributed by atoms with Crippen molar-refractivity contribution in [3.8, 4) is 0 Å². The van der Waals surface area contributed by atoms with Gasteiger partial charge in [-0.2, -0.15) is 0 Å². The molecular formula is C13H19NO4S. The van der Waals surface area contributed by atoms with Crippen molar-refractivity contribution in [3.63, 3.8) is 0 Å². The van der Waals surface area contributed by atoms with E-state index in [2.05, 4.69) is 0 Å². The highest BCUT2D eigenvalue weighted by Crippen LogP contribution is 2.22. The molecule has 0 unspecified atom stereocenters. The predicted octanol–water partition coefficient (Wildman–Crippen LogP) is 1.97. The van der Waals surface area contributed by atoms with Crippen LogP contribution in [-0.2, 0) is 10.0 Å². The number of benzene rings is 1. The molecule has 6 heteroatoms. The van der Waals surface area contributed by atoms with E-state index >= 15 is 0 Å². The lowest BCUT2D eigenvalue weighted by molar-refractivity contribution is 0.0696. The Balaban J connectivity index is 3.30. The molecular weight excluding hydrogens is 266 g/mol. The van der Waals surface area contributed by atoms with Crippen molar-refractivity contribution >= 4 is 16.0 Å². The average Bonchev–Trinajstić information content (AvgIpc) is 2.27. The fourth-order valence-electron chi connectivity index (χ4n) is 1.91.